The van der Waals surface area contributed by atoms with Crippen molar-refractivity contribution in [3.63, 3.8) is 0 Å². The summed E-state index contributed by atoms with van der Waals surface area (Å²) in [4.78, 5) is 48.3. The number of hydrogen-bond donors (Lipinski definition) is 2. The van der Waals surface area contributed by atoms with Crippen LogP contribution in [0, 0.1) is 24.2 Å². The molecule has 3 aromatic rings. The number of carbonyl (C=O) groups is 3. The van der Waals surface area contributed by atoms with Crippen LogP contribution in [-0.2, 0) is 19.1 Å². The largest absolute Gasteiger partial charge is 0.491 e. The van der Waals surface area contributed by atoms with E-state index in [4.69, 9.17) is 41.0 Å². The first-order valence-corrected chi connectivity index (χ1v) is 19.3. The summed E-state index contributed by atoms with van der Waals surface area (Å²) in [6, 6.07) is 3.22. The summed E-state index contributed by atoms with van der Waals surface area (Å²) in [5.74, 6) is 1.11. The van der Waals surface area contributed by atoms with Gasteiger partial charge in [-0.3, -0.25) is 14.5 Å². The van der Waals surface area contributed by atoms with Crippen molar-refractivity contribution in [2.24, 2.45) is 23.0 Å². The fourth-order valence-corrected chi connectivity index (χ4v) is 8.22. The van der Waals surface area contributed by atoms with Gasteiger partial charge >= 0.3 is 11.3 Å². The van der Waals surface area contributed by atoms with Crippen LogP contribution in [0.15, 0.2) is 18.2 Å². The topological polar surface area (TPSA) is 181 Å². The Morgan fingerprint density at radius 2 is 1.83 bits per heavy atom. The van der Waals surface area contributed by atoms with Crippen molar-refractivity contribution in [1.29, 1.82) is 0 Å². The van der Waals surface area contributed by atoms with Gasteiger partial charge < -0.3 is 39.6 Å². The zero-order chi connectivity index (χ0) is 37.4. The molecule has 15 nitrogen and oxygen atoms in total. The number of ether oxygens (including phenoxy) is 5. The third kappa shape index (κ3) is 8.71. The molecular formula is C36H46ClN7O8S. The molecule has 53 heavy (non-hydrogen) atoms. The molecule has 0 spiro atoms. The summed E-state index contributed by atoms with van der Waals surface area (Å²) in [6.07, 6.45) is 1.58. The van der Waals surface area contributed by atoms with E-state index in [1.54, 1.807) is 18.2 Å². The fourth-order valence-electron chi connectivity index (χ4n) is 7.42. The number of fused-ring (bicyclic) bond motifs is 2. The quantitative estimate of drug-likeness (QED) is 0.267. The maximum atomic E-state index is 14.2. The molecule has 0 bridgehead atoms. The molecule has 2 aromatic heterocycles. The Morgan fingerprint density at radius 3 is 2.51 bits per heavy atom. The maximum Gasteiger partial charge on any atom is 0.408 e. The highest BCUT2D eigenvalue weighted by molar-refractivity contribution is 7.13. The molecule has 6 atom stereocenters. The number of amides is 3. The molecule has 286 valence electrons. The van der Waals surface area contributed by atoms with Gasteiger partial charge in [0.05, 0.1) is 19.8 Å². The molecule has 4 heterocycles. The number of aryl methyl sites for hydroxylation is 1. The zero-order valence-electron chi connectivity index (χ0n) is 30.3. The van der Waals surface area contributed by atoms with Crippen molar-refractivity contribution in [1.82, 2.24) is 30.3 Å². The predicted molar refractivity (Wildman–Crippen MR) is 195 cm³/mol. The molecule has 3 amide bonds. The fraction of sp³-hybridized carbons (Fsp3) is 0.611. The van der Waals surface area contributed by atoms with E-state index in [0.29, 0.717) is 65.6 Å². The van der Waals surface area contributed by atoms with Crippen LogP contribution in [0.4, 0.5) is 4.79 Å². The van der Waals surface area contributed by atoms with Gasteiger partial charge in [0, 0.05) is 37.5 Å². The smallest absolute Gasteiger partial charge is 0.408 e. The van der Waals surface area contributed by atoms with E-state index in [9.17, 15) is 14.4 Å². The summed E-state index contributed by atoms with van der Waals surface area (Å²) in [5.41, 5.74) is 5.53. The molecule has 2 aliphatic heterocycles. The lowest BCUT2D eigenvalue weighted by atomic mass is 9.85. The summed E-state index contributed by atoms with van der Waals surface area (Å²) in [6.45, 7) is 11.6. The first kappa shape index (κ1) is 37.3. The number of halogens is 1. The molecule has 1 aromatic carbocycles. The highest BCUT2D eigenvalue weighted by Gasteiger charge is 2.48. The van der Waals surface area contributed by atoms with Gasteiger partial charge in [0.2, 0.25) is 17.7 Å². The Labute approximate surface area is 316 Å². The highest BCUT2D eigenvalue weighted by atomic mass is 35.5. The number of hydrogen-bond acceptors (Lipinski definition) is 13. The summed E-state index contributed by atoms with van der Waals surface area (Å²) in [7, 11) is 0. The lowest BCUT2D eigenvalue weighted by molar-refractivity contribution is -0.141. The first-order chi connectivity index (χ1) is 25.3. The van der Waals surface area contributed by atoms with Crippen LogP contribution in [0.2, 0.25) is 5.02 Å². The summed E-state index contributed by atoms with van der Waals surface area (Å²) >= 11 is 8.18. The summed E-state index contributed by atoms with van der Waals surface area (Å²) < 4.78 is 29.8. The average Bonchev–Trinajstić information content (AvgIpc) is 3.39. The summed E-state index contributed by atoms with van der Waals surface area (Å²) in [5, 5.41) is 12.7. The van der Waals surface area contributed by atoms with Gasteiger partial charge in [-0.05, 0) is 55.6 Å². The predicted octanol–water partition coefficient (Wildman–Crippen LogP) is 4.32. The Morgan fingerprint density at radius 1 is 1.08 bits per heavy atom. The third-order valence-corrected chi connectivity index (χ3v) is 11.4. The molecule has 2 saturated heterocycles. The first-order valence-electron chi connectivity index (χ1n) is 18.1. The normalized spacial score (nSPS) is 24.8. The lowest BCUT2D eigenvalue weighted by Gasteiger charge is -2.35. The Balaban J connectivity index is 1.11. The number of primary amides is 1. The molecule has 7 rings (SSSR count). The SMILES string of the molecule is Cc1nnc(Oc2cc(O[C@@H]3C[C@@H](C(N)=O)N(C(=O)[C@@H](NC(=O)O[C@@H]4C[C@@H]5C[C@@H]5C4)C(C)(C)C)C3)c3ccc(OCCN4CCOCC4)c(Cl)c3n2)s1. The number of morpholine rings is 1. The van der Waals surface area contributed by atoms with Crippen LogP contribution in [0.3, 0.4) is 0 Å². The highest BCUT2D eigenvalue weighted by Crippen LogP contribution is 2.52. The number of nitrogens with zero attached hydrogens (tertiary/aromatic N) is 5. The van der Waals surface area contributed by atoms with Crippen molar-refractivity contribution in [2.75, 3.05) is 46.0 Å². The number of alkyl carbamates (subject to hydrolysis) is 1. The molecule has 17 heteroatoms. The van der Waals surface area contributed by atoms with E-state index < -0.39 is 41.5 Å². The Hall–Kier alpha value is -3.99. The Kier molecular flexibility index (Phi) is 10.8. The second kappa shape index (κ2) is 15.4. The van der Waals surface area contributed by atoms with Gasteiger partial charge in [-0.1, -0.05) is 48.8 Å². The number of rotatable bonds is 12. The van der Waals surface area contributed by atoms with Gasteiger partial charge in [-0.15, -0.1) is 5.10 Å². The van der Waals surface area contributed by atoms with Crippen LogP contribution in [0.25, 0.3) is 10.9 Å². The van der Waals surface area contributed by atoms with Crippen LogP contribution < -0.4 is 25.3 Å². The molecule has 2 aliphatic carbocycles. The van der Waals surface area contributed by atoms with Crippen LogP contribution in [0.5, 0.6) is 22.6 Å². The van der Waals surface area contributed by atoms with Gasteiger partial charge in [0.25, 0.3) is 0 Å². The van der Waals surface area contributed by atoms with Gasteiger partial charge in [0.1, 0.15) is 57.9 Å². The van der Waals surface area contributed by atoms with E-state index >= 15 is 0 Å². The molecular weight excluding hydrogens is 726 g/mol. The van der Waals surface area contributed by atoms with Crippen molar-refractivity contribution < 1.29 is 38.1 Å². The number of carbonyl (C=O) groups excluding carboxylic acids is 3. The molecule has 0 unspecified atom stereocenters. The number of benzene rings is 1. The van der Waals surface area contributed by atoms with E-state index in [1.807, 2.05) is 27.7 Å². The molecule has 2 saturated carbocycles. The van der Waals surface area contributed by atoms with E-state index in [2.05, 4.69) is 25.4 Å². The van der Waals surface area contributed by atoms with E-state index in [1.165, 1.54) is 22.7 Å². The lowest BCUT2D eigenvalue weighted by Crippen LogP contribution is -2.57. The molecule has 4 aliphatic rings. The van der Waals surface area contributed by atoms with Gasteiger partial charge in [-0.25, -0.2) is 9.78 Å². The second-order valence-corrected chi connectivity index (χ2v) is 16.8. The molecule has 4 fully saturated rings. The van der Waals surface area contributed by atoms with Crippen molar-refractivity contribution in [3.05, 3.63) is 28.2 Å². The standard InChI is InChI=1S/C36H46ClN7O8S/c1-19-41-42-35(53-19)52-28-17-27(24-5-6-26(29(37)30(24)39-28)49-12-9-43-7-10-48-11-8-43)50-23-16-25(32(38)45)44(18-23)33(46)31(36(2,3)4)40-34(47)51-22-14-20-13-21(20)15-22/h5-6,17,20-23,25,31H,7-16,18H2,1-4H3,(H2,38,45)(H,40,47)/t20-,21+,22+,23-,25+,31-/m1/s1. The zero-order valence-corrected chi connectivity index (χ0v) is 31.9. The minimum atomic E-state index is -0.982. The van der Waals surface area contributed by atoms with Gasteiger partial charge in [-0.2, -0.15) is 0 Å². The van der Waals surface area contributed by atoms with E-state index in [-0.39, 0.29) is 35.2 Å². The average molecular weight is 772 g/mol. The minimum Gasteiger partial charge on any atom is -0.491 e. The maximum absolute atomic E-state index is 14.2. The van der Waals surface area contributed by atoms with Crippen LogP contribution in [0.1, 0.15) is 51.5 Å². The second-order valence-electron chi connectivity index (χ2n) is 15.3. The minimum absolute atomic E-state index is 0.0355. The molecule has 3 N–H and O–H groups in total. The van der Waals surface area contributed by atoms with Crippen LogP contribution >= 0.6 is 22.9 Å². The number of nitrogens with two attached hydrogens (primary N) is 1. The number of aromatic nitrogens is 3. The number of likely N-dealkylation sites (tertiary alicyclic amines) is 1. The van der Waals surface area contributed by atoms with Crippen molar-refractivity contribution in [2.45, 2.75) is 77.7 Å². The number of nitrogens with one attached hydrogen (secondary N) is 1. The Bertz CT molecular complexity index is 1840. The van der Waals surface area contributed by atoms with Gasteiger partial charge in [0.15, 0.2) is 0 Å². The van der Waals surface area contributed by atoms with Crippen LogP contribution in [-0.4, -0.2) is 113 Å². The molecule has 0 radical (unpaired) electrons. The van der Waals surface area contributed by atoms with Crippen molar-refractivity contribution >= 4 is 51.7 Å². The van der Waals surface area contributed by atoms with Crippen molar-refractivity contribution in [3.8, 4) is 22.6 Å². The number of pyridine rings is 1. The third-order valence-electron chi connectivity index (χ3n) is 10.3. The van der Waals surface area contributed by atoms with E-state index in [0.717, 1.165) is 25.9 Å². The monoisotopic (exact) mass is 771 g/mol.